The molecule has 0 aliphatic carbocycles. The zero-order valence-electron chi connectivity index (χ0n) is 16.5. The van der Waals surface area contributed by atoms with Crippen LogP contribution in [0.1, 0.15) is 38.2 Å². The maximum atomic E-state index is 13.1. The van der Waals surface area contributed by atoms with Crippen LogP contribution >= 0.6 is 0 Å². The predicted octanol–water partition coefficient (Wildman–Crippen LogP) is 2.66. The summed E-state index contributed by atoms with van der Waals surface area (Å²) in [7, 11) is -2.14. The van der Waals surface area contributed by atoms with E-state index in [1.807, 2.05) is 17.9 Å². The van der Waals surface area contributed by atoms with Gasteiger partial charge in [0.25, 0.3) is 0 Å². The first-order valence-corrected chi connectivity index (χ1v) is 11.2. The minimum Gasteiger partial charge on any atom is -0.495 e. The number of methoxy groups -OCH3 is 1. The van der Waals surface area contributed by atoms with E-state index in [1.54, 1.807) is 12.1 Å². The number of ether oxygens (including phenoxy) is 1. The van der Waals surface area contributed by atoms with E-state index in [4.69, 9.17) is 4.74 Å². The van der Waals surface area contributed by atoms with Gasteiger partial charge in [-0.15, -0.1) is 0 Å². The molecule has 0 aromatic heterocycles. The van der Waals surface area contributed by atoms with Crippen LogP contribution in [0.5, 0.6) is 5.75 Å². The van der Waals surface area contributed by atoms with Crippen LogP contribution in [0.4, 0.5) is 0 Å². The lowest BCUT2D eigenvalue weighted by atomic mass is 9.93. The number of hydrogen-bond donors (Lipinski definition) is 0. The highest BCUT2D eigenvalue weighted by Crippen LogP contribution is 2.31. The fraction of sp³-hybridized carbons (Fsp3) is 0.650. The third-order valence-electron chi connectivity index (χ3n) is 5.84. The average molecular weight is 395 g/mol. The van der Waals surface area contributed by atoms with Crippen LogP contribution in [0.25, 0.3) is 0 Å². The molecule has 0 spiro atoms. The average Bonchev–Trinajstić information content (AvgIpc) is 2.68. The molecule has 150 valence electrons. The molecule has 2 aliphatic heterocycles. The summed E-state index contributed by atoms with van der Waals surface area (Å²) < 4.78 is 32.9. The largest absolute Gasteiger partial charge is 0.495 e. The van der Waals surface area contributed by atoms with Gasteiger partial charge in [-0.05, 0) is 56.2 Å². The van der Waals surface area contributed by atoms with E-state index in [0.29, 0.717) is 37.6 Å². The van der Waals surface area contributed by atoms with Crippen LogP contribution in [0.2, 0.25) is 0 Å². The summed E-state index contributed by atoms with van der Waals surface area (Å²) in [5.41, 5.74) is 0.874. The Hall–Kier alpha value is -1.60. The maximum Gasteiger partial charge on any atom is 0.246 e. The lowest BCUT2D eigenvalue weighted by Crippen LogP contribution is -2.46. The quantitative estimate of drug-likeness (QED) is 0.787. The van der Waals surface area contributed by atoms with E-state index in [2.05, 4.69) is 6.92 Å². The minimum atomic E-state index is -3.63. The van der Waals surface area contributed by atoms with Crippen molar-refractivity contribution in [1.82, 2.24) is 9.21 Å². The molecule has 2 aliphatic rings. The molecule has 1 aromatic rings. The summed E-state index contributed by atoms with van der Waals surface area (Å²) in [5.74, 6) is 1.18. The van der Waals surface area contributed by atoms with E-state index >= 15 is 0 Å². The summed E-state index contributed by atoms with van der Waals surface area (Å²) in [6.07, 6.45) is 3.29. The van der Waals surface area contributed by atoms with E-state index in [0.717, 1.165) is 31.5 Å². The third-order valence-corrected chi connectivity index (χ3v) is 7.76. The van der Waals surface area contributed by atoms with Crippen LogP contribution < -0.4 is 4.74 Å². The number of benzene rings is 1. The molecule has 7 heteroatoms. The highest BCUT2D eigenvalue weighted by Gasteiger charge is 2.35. The Bertz CT molecular complexity index is 777. The number of aryl methyl sites for hydroxylation is 1. The highest BCUT2D eigenvalue weighted by atomic mass is 32.2. The van der Waals surface area contributed by atoms with E-state index < -0.39 is 10.0 Å². The van der Waals surface area contributed by atoms with Gasteiger partial charge in [0.15, 0.2) is 0 Å². The molecule has 1 amide bonds. The third kappa shape index (κ3) is 4.29. The van der Waals surface area contributed by atoms with Crippen molar-refractivity contribution in [3.8, 4) is 5.75 Å². The highest BCUT2D eigenvalue weighted by molar-refractivity contribution is 7.89. The number of nitrogens with zero attached hydrogens (tertiary/aromatic N) is 2. The molecule has 1 aromatic carbocycles. The summed E-state index contributed by atoms with van der Waals surface area (Å²) in [5, 5.41) is 0. The van der Waals surface area contributed by atoms with Gasteiger partial charge in [-0.25, -0.2) is 8.42 Å². The zero-order chi connectivity index (χ0) is 19.6. The van der Waals surface area contributed by atoms with Crippen molar-refractivity contribution in [1.29, 1.82) is 0 Å². The number of carbonyl (C=O) groups excluding carboxylic acids is 1. The Morgan fingerprint density at radius 3 is 2.30 bits per heavy atom. The molecule has 0 atom stereocenters. The number of sulfonamides is 1. The molecule has 0 unspecified atom stereocenters. The lowest BCUT2D eigenvalue weighted by molar-refractivity contribution is -0.138. The molecule has 3 rings (SSSR count). The van der Waals surface area contributed by atoms with Crippen LogP contribution in [0.15, 0.2) is 23.1 Å². The molecule has 2 saturated heterocycles. The molecule has 0 bridgehead atoms. The number of hydrogen-bond acceptors (Lipinski definition) is 4. The maximum absolute atomic E-state index is 13.1. The zero-order valence-corrected chi connectivity index (χ0v) is 17.3. The monoisotopic (exact) mass is 394 g/mol. The van der Waals surface area contributed by atoms with Crippen LogP contribution in [0, 0.1) is 18.8 Å². The number of rotatable bonds is 4. The fourth-order valence-corrected chi connectivity index (χ4v) is 5.67. The number of carbonyl (C=O) groups is 1. The smallest absolute Gasteiger partial charge is 0.246 e. The Morgan fingerprint density at radius 2 is 1.70 bits per heavy atom. The van der Waals surface area contributed by atoms with Gasteiger partial charge in [-0.3, -0.25) is 4.79 Å². The molecular formula is C20H30N2O4S. The molecule has 27 heavy (non-hydrogen) atoms. The SMILES string of the molecule is COc1ccc(C)cc1S(=O)(=O)N1CCC(C(=O)N2CCC(C)CC2)CC1. The van der Waals surface area contributed by atoms with Crippen molar-refractivity contribution in [3.63, 3.8) is 0 Å². The van der Waals surface area contributed by atoms with Crippen LogP contribution in [-0.4, -0.2) is 56.8 Å². The molecule has 0 N–H and O–H groups in total. The van der Waals surface area contributed by atoms with Gasteiger partial charge in [0.2, 0.25) is 15.9 Å². The first-order chi connectivity index (χ1) is 12.8. The molecule has 2 heterocycles. The number of amides is 1. The van der Waals surface area contributed by atoms with Crippen LogP contribution in [0.3, 0.4) is 0 Å². The Labute approximate surface area is 162 Å². The van der Waals surface area contributed by atoms with Gasteiger partial charge in [0.05, 0.1) is 7.11 Å². The molecular weight excluding hydrogens is 364 g/mol. The lowest BCUT2D eigenvalue weighted by Gasteiger charge is -2.36. The fourth-order valence-electron chi connectivity index (χ4n) is 3.95. The van der Waals surface area contributed by atoms with Crippen molar-refractivity contribution >= 4 is 15.9 Å². The second-order valence-corrected chi connectivity index (χ2v) is 9.75. The molecule has 0 radical (unpaired) electrons. The van der Waals surface area contributed by atoms with Crippen molar-refractivity contribution in [2.75, 3.05) is 33.3 Å². The van der Waals surface area contributed by atoms with Gasteiger partial charge >= 0.3 is 0 Å². The summed E-state index contributed by atoms with van der Waals surface area (Å²) in [4.78, 5) is 14.9. The normalized spacial score (nSPS) is 20.6. The topological polar surface area (TPSA) is 66.9 Å². The second kappa shape index (κ2) is 8.19. The van der Waals surface area contributed by atoms with Crippen molar-refractivity contribution in [2.45, 2.75) is 44.4 Å². The van der Waals surface area contributed by atoms with Crippen LogP contribution in [-0.2, 0) is 14.8 Å². The summed E-state index contributed by atoms with van der Waals surface area (Å²) in [6.45, 7) is 6.51. The standard InChI is InChI=1S/C20H30N2O4S/c1-15-6-10-21(11-7-15)20(23)17-8-12-22(13-9-17)27(24,25)19-14-16(2)4-5-18(19)26-3/h4-5,14-15,17H,6-13H2,1-3H3. The first-order valence-electron chi connectivity index (χ1n) is 9.76. The Balaban J connectivity index is 1.66. The molecule has 2 fully saturated rings. The van der Waals surface area contributed by atoms with Gasteiger partial charge in [-0.2, -0.15) is 4.31 Å². The molecule has 6 nitrogen and oxygen atoms in total. The first kappa shape index (κ1) is 20.1. The van der Waals surface area contributed by atoms with E-state index in [9.17, 15) is 13.2 Å². The van der Waals surface area contributed by atoms with Crippen molar-refractivity contribution in [2.24, 2.45) is 11.8 Å². The Morgan fingerprint density at radius 1 is 1.07 bits per heavy atom. The summed E-state index contributed by atoms with van der Waals surface area (Å²) in [6, 6.07) is 5.18. The predicted molar refractivity (Wildman–Crippen MR) is 104 cm³/mol. The molecule has 0 saturated carbocycles. The van der Waals surface area contributed by atoms with Gasteiger partial charge < -0.3 is 9.64 Å². The minimum absolute atomic E-state index is 0.0655. The second-order valence-electron chi connectivity index (χ2n) is 7.84. The van der Waals surface area contributed by atoms with Crippen molar-refractivity contribution < 1.29 is 17.9 Å². The number of piperidine rings is 2. The van der Waals surface area contributed by atoms with E-state index in [1.165, 1.54) is 11.4 Å². The van der Waals surface area contributed by atoms with E-state index in [-0.39, 0.29) is 16.7 Å². The van der Waals surface area contributed by atoms with Crippen molar-refractivity contribution in [3.05, 3.63) is 23.8 Å². The summed E-state index contributed by atoms with van der Waals surface area (Å²) >= 11 is 0. The number of likely N-dealkylation sites (tertiary alicyclic amines) is 1. The Kier molecular flexibility index (Phi) is 6.11. The van der Waals surface area contributed by atoms with Gasteiger partial charge in [0.1, 0.15) is 10.6 Å². The van der Waals surface area contributed by atoms with Gasteiger partial charge in [-0.1, -0.05) is 13.0 Å². The van der Waals surface area contributed by atoms with Gasteiger partial charge in [0, 0.05) is 32.1 Å².